The minimum Gasteiger partial charge on any atom is -0.335 e. The number of rotatable bonds is 4. The first kappa shape index (κ1) is 24.4. The number of nitrogens with two attached hydrogens (primary N) is 1. The Morgan fingerprint density at radius 3 is 2.38 bits per heavy atom. The molecule has 3 rings (SSSR count). The molecule has 2 N–H and O–H groups in total. The van der Waals surface area contributed by atoms with Crippen molar-refractivity contribution >= 4 is 15.7 Å². The molecule has 0 saturated carbocycles. The number of carbonyl (C=O) groups is 1. The third-order valence-corrected chi connectivity index (χ3v) is 8.50. The second-order valence-corrected chi connectivity index (χ2v) is 10.4. The highest BCUT2D eigenvalue weighted by Gasteiger charge is 2.54. The van der Waals surface area contributed by atoms with Crippen molar-refractivity contribution in [1.82, 2.24) is 9.91 Å². The van der Waals surface area contributed by atoms with E-state index in [2.05, 4.69) is 0 Å². The van der Waals surface area contributed by atoms with Crippen LogP contribution in [0.5, 0.6) is 0 Å². The molecular weight excluding hydrogens is 464 g/mol. The largest absolute Gasteiger partial charge is 0.416 e. The van der Waals surface area contributed by atoms with Crippen molar-refractivity contribution in [1.29, 1.82) is 0 Å². The fourth-order valence-electron chi connectivity index (χ4n) is 3.76. The standard InChI is InChI=1S/C19H21F6N3O3S/c1-11(18(20,21)22)9-14-16(29)27(7-8-28(14)26)6-5-17(2)13-4-3-12(19(23,24)25)10-15(13)32(17,30)31/h3-4,9-11H,5-8,26H2,1-2H3/b14-9-. The smallest absolute Gasteiger partial charge is 0.335 e. The van der Waals surface area contributed by atoms with Crippen LogP contribution in [0.4, 0.5) is 26.3 Å². The maximum Gasteiger partial charge on any atom is 0.416 e. The Bertz CT molecular complexity index is 1070. The summed E-state index contributed by atoms with van der Waals surface area (Å²) in [5.41, 5.74) is -1.22. The van der Waals surface area contributed by atoms with E-state index in [0.29, 0.717) is 12.1 Å². The molecule has 1 aromatic carbocycles. The number of benzene rings is 1. The quantitative estimate of drug-likeness (QED) is 0.402. The molecule has 6 nitrogen and oxygen atoms in total. The minimum absolute atomic E-state index is 0.0388. The molecule has 1 saturated heterocycles. The summed E-state index contributed by atoms with van der Waals surface area (Å²) >= 11 is 0. The molecule has 2 atom stereocenters. The first-order valence-corrected chi connectivity index (χ1v) is 11.0. The van der Waals surface area contributed by atoms with Gasteiger partial charge >= 0.3 is 12.4 Å². The van der Waals surface area contributed by atoms with E-state index in [4.69, 9.17) is 5.84 Å². The van der Waals surface area contributed by atoms with Crippen molar-refractivity contribution in [2.45, 2.75) is 42.3 Å². The van der Waals surface area contributed by atoms with Gasteiger partial charge in [0.2, 0.25) is 0 Å². The Hall–Kier alpha value is -2.28. The maximum absolute atomic E-state index is 12.9. The van der Waals surface area contributed by atoms with Crippen LogP contribution >= 0.6 is 0 Å². The Morgan fingerprint density at radius 1 is 1.19 bits per heavy atom. The number of carbonyl (C=O) groups excluding carboxylic acids is 1. The lowest BCUT2D eigenvalue weighted by Gasteiger charge is -2.43. The Morgan fingerprint density at radius 2 is 1.81 bits per heavy atom. The van der Waals surface area contributed by atoms with Crippen LogP contribution in [-0.2, 0) is 25.6 Å². The zero-order chi connectivity index (χ0) is 24.3. The number of hydrogen-bond donors (Lipinski definition) is 1. The monoisotopic (exact) mass is 485 g/mol. The van der Waals surface area contributed by atoms with Gasteiger partial charge in [0.25, 0.3) is 5.91 Å². The number of nitrogens with zero attached hydrogens (tertiary/aromatic N) is 2. The zero-order valence-corrected chi connectivity index (χ0v) is 17.9. The molecule has 0 bridgehead atoms. The molecule has 0 spiro atoms. The summed E-state index contributed by atoms with van der Waals surface area (Å²) in [6.45, 7) is 2.20. The summed E-state index contributed by atoms with van der Waals surface area (Å²) in [5, 5.41) is 0.914. The number of amides is 1. The van der Waals surface area contributed by atoms with Crippen LogP contribution in [0.2, 0.25) is 0 Å². The molecule has 1 aromatic rings. The first-order valence-electron chi connectivity index (χ1n) is 9.56. The third-order valence-electron chi connectivity index (χ3n) is 5.97. The van der Waals surface area contributed by atoms with Crippen LogP contribution in [0.1, 0.15) is 31.4 Å². The van der Waals surface area contributed by atoms with Crippen molar-refractivity contribution in [2.75, 3.05) is 19.6 Å². The topological polar surface area (TPSA) is 83.7 Å². The number of piperazine rings is 1. The molecule has 32 heavy (non-hydrogen) atoms. The predicted molar refractivity (Wildman–Crippen MR) is 101 cm³/mol. The SMILES string of the molecule is CC(/C=C1/C(=O)N(CCC2(C)c3ccc(C(F)(F)F)cc3S2(=O)=O)CCN1N)C(F)(F)F. The van der Waals surface area contributed by atoms with E-state index in [9.17, 15) is 39.6 Å². The van der Waals surface area contributed by atoms with E-state index in [-0.39, 0.29) is 37.3 Å². The molecule has 1 fully saturated rings. The molecule has 2 heterocycles. The molecule has 1 amide bonds. The summed E-state index contributed by atoms with van der Waals surface area (Å²) < 4.78 is 101. The van der Waals surface area contributed by atoms with Gasteiger partial charge in [-0.25, -0.2) is 14.3 Å². The molecular formula is C19H21F6N3O3S. The van der Waals surface area contributed by atoms with E-state index < -0.39 is 49.2 Å². The van der Waals surface area contributed by atoms with Crippen LogP contribution in [-0.4, -0.2) is 50.0 Å². The third kappa shape index (κ3) is 3.96. The normalized spacial score (nSPS) is 25.5. The van der Waals surface area contributed by atoms with Gasteiger partial charge in [-0.2, -0.15) is 26.3 Å². The average Bonchev–Trinajstić information content (AvgIpc) is 2.68. The Balaban J connectivity index is 1.80. The van der Waals surface area contributed by atoms with E-state index in [0.717, 1.165) is 24.1 Å². The number of allylic oxidation sites excluding steroid dienone is 1. The van der Waals surface area contributed by atoms with Crippen molar-refractivity contribution in [3.63, 3.8) is 0 Å². The Labute approximate surface area is 180 Å². The first-order chi connectivity index (χ1) is 14.5. The predicted octanol–water partition coefficient (Wildman–Crippen LogP) is 3.20. The molecule has 2 aliphatic heterocycles. The van der Waals surface area contributed by atoms with Gasteiger partial charge in [-0.05, 0) is 37.1 Å². The number of hydrazine groups is 1. The molecule has 178 valence electrons. The second-order valence-electron chi connectivity index (χ2n) is 8.06. The van der Waals surface area contributed by atoms with Gasteiger partial charge in [0.05, 0.1) is 22.9 Å². The molecule has 0 aromatic heterocycles. The van der Waals surface area contributed by atoms with Crippen molar-refractivity contribution in [3.05, 3.63) is 41.1 Å². The molecule has 13 heteroatoms. The van der Waals surface area contributed by atoms with Gasteiger partial charge in [0.1, 0.15) is 10.4 Å². The number of fused-ring (bicyclic) bond motifs is 1. The van der Waals surface area contributed by atoms with Gasteiger partial charge in [-0.1, -0.05) is 13.0 Å². The van der Waals surface area contributed by atoms with E-state index in [1.165, 1.54) is 11.8 Å². The average molecular weight is 485 g/mol. The summed E-state index contributed by atoms with van der Waals surface area (Å²) in [6.07, 6.45) is -8.68. The van der Waals surface area contributed by atoms with Gasteiger partial charge in [0, 0.05) is 13.1 Å². The fourth-order valence-corrected chi connectivity index (χ4v) is 5.79. The maximum atomic E-state index is 12.9. The zero-order valence-electron chi connectivity index (χ0n) is 17.1. The Kier molecular flexibility index (Phi) is 5.82. The van der Waals surface area contributed by atoms with Crippen LogP contribution < -0.4 is 5.84 Å². The molecule has 2 unspecified atom stereocenters. The fraction of sp³-hybridized carbons (Fsp3) is 0.526. The van der Waals surface area contributed by atoms with E-state index in [1.54, 1.807) is 0 Å². The highest BCUT2D eigenvalue weighted by molar-refractivity contribution is 7.94. The number of sulfone groups is 1. The van der Waals surface area contributed by atoms with Crippen LogP contribution in [0.3, 0.4) is 0 Å². The van der Waals surface area contributed by atoms with Gasteiger partial charge in [0.15, 0.2) is 9.84 Å². The van der Waals surface area contributed by atoms with Crippen LogP contribution in [0.15, 0.2) is 34.9 Å². The van der Waals surface area contributed by atoms with Gasteiger partial charge < -0.3 is 9.91 Å². The summed E-state index contributed by atoms with van der Waals surface area (Å²) in [6, 6.07) is 2.49. The number of hydrogen-bond acceptors (Lipinski definition) is 5. The molecule has 0 aliphatic carbocycles. The van der Waals surface area contributed by atoms with Crippen molar-refractivity contribution in [3.8, 4) is 0 Å². The van der Waals surface area contributed by atoms with Gasteiger partial charge in [-0.15, -0.1) is 0 Å². The minimum atomic E-state index is -4.69. The number of halogens is 6. The van der Waals surface area contributed by atoms with Crippen molar-refractivity contribution < 1.29 is 39.6 Å². The van der Waals surface area contributed by atoms with Crippen molar-refractivity contribution in [2.24, 2.45) is 11.8 Å². The molecule has 2 aliphatic rings. The summed E-state index contributed by atoms with van der Waals surface area (Å²) in [4.78, 5) is 13.5. The summed E-state index contributed by atoms with van der Waals surface area (Å²) in [5.74, 6) is 2.96. The lowest BCUT2D eigenvalue weighted by atomic mass is 9.93. The lowest BCUT2D eigenvalue weighted by molar-refractivity contribution is -0.157. The highest BCUT2D eigenvalue weighted by atomic mass is 32.2. The van der Waals surface area contributed by atoms with Crippen LogP contribution in [0, 0.1) is 5.92 Å². The lowest BCUT2D eigenvalue weighted by Crippen LogP contribution is -2.53. The summed E-state index contributed by atoms with van der Waals surface area (Å²) in [7, 11) is -4.08. The molecule has 0 radical (unpaired) electrons. The van der Waals surface area contributed by atoms with Crippen LogP contribution in [0.25, 0.3) is 0 Å². The second kappa shape index (κ2) is 7.65. The highest BCUT2D eigenvalue weighted by Crippen LogP contribution is 2.52. The van der Waals surface area contributed by atoms with Gasteiger partial charge in [-0.3, -0.25) is 4.79 Å². The van der Waals surface area contributed by atoms with E-state index >= 15 is 0 Å². The number of alkyl halides is 6. The van der Waals surface area contributed by atoms with E-state index in [1.807, 2.05) is 0 Å².